The molecule has 0 bridgehead atoms. The highest BCUT2D eigenvalue weighted by atomic mass is 35.5. The molecule has 1 rings (SSSR count). The average molecular weight is 255 g/mol. The number of anilines is 1. The SMILES string of the molecule is CCCCc1cccc(NC(=O)NCCCl)c1. The second kappa shape index (κ2) is 7.96. The number of rotatable bonds is 6. The van der Waals surface area contributed by atoms with Crippen LogP contribution in [0, 0.1) is 0 Å². The Morgan fingerprint density at radius 2 is 2.24 bits per heavy atom. The van der Waals surface area contributed by atoms with E-state index in [0.717, 1.165) is 12.1 Å². The molecule has 0 saturated carbocycles. The van der Waals surface area contributed by atoms with Gasteiger partial charge in [0.15, 0.2) is 0 Å². The summed E-state index contributed by atoms with van der Waals surface area (Å²) in [6.45, 7) is 2.64. The van der Waals surface area contributed by atoms with Gasteiger partial charge in [0.05, 0.1) is 0 Å². The number of nitrogens with one attached hydrogen (secondary N) is 2. The molecule has 0 aliphatic rings. The fourth-order valence-electron chi connectivity index (χ4n) is 1.52. The van der Waals surface area contributed by atoms with Gasteiger partial charge in [-0.15, -0.1) is 11.6 Å². The van der Waals surface area contributed by atoms with E-state index in [1.807, 2.05) is 18.2 Å². The Bertz CT molecular complexity index is 355. The second-order valence-corrected chi connectivity index (χ2v) is 4.25. The van der Waals surface area contributed by atoms with Crippen molar-refractivity contribution in [1.82, 2.24) is 5.32 Å². The van der Waals surface area contributed by atoms with E-state index in [4.69, 9.17) is 11.6 Å². The maximum Gasteiger partial charge on any atom is 0.319 e. The van der Waals surface area contributed by atoms with E-state index in [2.05, 4.69) is 23.6 Å². The van der Waals surface area contributed by atoms with Gasteiger partial charge >= 0.3 is 6.03 Å². The monoisotopic (exact) mass is 254 g/mol. The van der Waals surface area contributed by atoms with Crippen molar-refractivity contribution in [3.63, 3.8) is 0 Å². The van der Waals surface area contributed by atoms with Crippen molar-refractivity contribution in [3.8, 4) is 0 Å². The molecule has 1 aromatic carbocycles. The van der Waals surface area contributed by atoms with Crippen molar-refractivity contribution in [1.29, 1.82) is 0 Å². The number of benzene rings is 1. The van der Waals surface area contributed by atoms with Crippen LogP contribution in [-0.4, -0.2) is 18.5 Å². The number of alkyl halides is 1. The molecule has 0 fully saturated rings. The van der Waals surface area contributed by atoms with Crippen LogP contribution in [-0.2, 0) is 6.42 Å². The third kappa shape index (κ3) is 5.59. The van der Waals surface area contributed by atoms with Crippen LogP contribution in [0.5, 0.6) is 0 Å². The molecule has 3 nitrogen and oxygen atoms in total. The highest BCUT2D eigenvalue weighted by Gasteiger charge is 2.01. The van der Waals surface area contributed by atoms with E-state index >= 15 is 0 Å². The van der Waals surface area contributed by atoms with Gasteiger partial charge in [-0.2, -0.15) is 0 Å². The van der Waals surface area contributed by atoms with Crippen molar-refractivity contribution in [2.75, 3.05) is 17.7 Å². The standard InChI is InChI=1S/C13H19ClN2O/c1-2-3-5-11-6-4-7-12(10-11)16-13(17)15-9-8-14/h4,6-7,10H,2-3,5,8-9H2,1H3,(H2,15,16,17). The number of aryl methyl sites for hydroxylation is 1. The van der Waals surface area contributed by atoms with E-state index < -0.39 is 0 Å². The van der Waals surface area contributed by atoms with Gasteiger partial charge in [-0.05, 0) is 30.5 Å². The number of hydrogen-bond acceptors (Lipinski definition) is 1. The number of halogens is 1. The molecule has 2 N–H and O–H groups in total. The molecule has 0 heterocycles. The minimum Gasteiger partial charge on any atom is -0.337 e. The van der Waals surface area contributed by atoms with Crippen LogP contribution >= 0.6 is 11.6 Å². The first-order valence-corrected chi connectivity index (χ1v) is 6.49. The predicted molar refractivity (Wildman–Crippen MR) is 72.8 cm³/mol. The van der Waals surface area contributed by atoms with Gasteiger partial charge in [0.1, 0.15) is 0 Å². The van der Waals surface area contributed by atoms with Gasteiger partial charge in [-0.1, -0.05) is 25.5 Å². The minimum atomic E-state index is -0.210. The van der Waals surface area contributed by atoms with Crippen molar-refractivity contribution < 1.29 is 4.79 Å². The summed E-state index contributed by atoms with van der Waals surface area (Å²) in [5.41, 5.74) is 2.08. The Kier molecular flexibility index (Phi) is 6.48. The van der Waals surface area contributed by atoms with Crippen LogP contribution in [0.2, 0.25) is 0 Å². The first-order valence-electron chi connectivity index (χ1n) is 5.96. The largest absolute Gasteiger partial charge is 0.337 e. The molecular weight excluding hydrogens is 236 g/mol. The molecule has 0 saturated heterocycles. The van der Waals surface area contributed by atoms with Crippen LogP contribution < -0.4 is 10.6 Å². The maximum atomic E-state index is 11.4. The molecule has 1 aromatic rings. The molecule has 94 valence electrons. The van der Waals surface area contributed by atoms with Gasteiger partial charge in [0, 0.05) is 18.1 Å². The molecule has 0 aromatic heterocycles. The van der Waals surface area contributed by atoms with Gasteiger partial charge in [0.2, 0.25) is 0 Å². The number of hydrogen-bond donors (Lipinski definition) is 2. The molecule has 0 aliphatic heterocycles. The lowest BCUT2D eigenvalue weighted by Crippen LogP contribution is -2.30. The normalized spacial score (nSPS) is 10.0. The summed E-state index contributed by atoms with van der Waals surface area (Å²) in [7, 11) is 0. The van der Waals surface area contributed by atoms with Crippen LogP contribution in [0.1, 0.15) is 25.3 Å². The summed E-state index contributed by atoms with van der Waals surface area (Å²) in [6.07, 6.45) is 3.39. The number of unbranched alkanes of at least 4 members (excludes halogenated alkanes) is 1. The van der Waals surface area contributed by atoms with Gasteiger partial charge in [0.25, 0.3) is 0 Å². The molecular formula is C13H19ClN2O. The van der Waals surface area contributed by atoms with Gasteiger partial charge in [-0.3, -0.25) is 0 Å². The van der Waals surface area contributed by atoms with Crippen LogP contribution in [0.4, 0.5) is 10.5 Å². The quantitative estimate of drug-likeness (QED) is 0.751. The first-order chi connectivity index (χ1) is 8.26. The Balaban J connectivity index is 2.50. The Morgan fingerprint density at radius 1 is 1.41 bits per heavy atom. The highest BCUT2D eigenvalue weighted by molar-refractivity contribution is 6.18. The van der Waals surface area contributed by atoms with Crippen molar-refractivity contribution in [2.45, 2.75) is 26.2 Å². The molecule has 2 amide bonds. The second-order valence-electron chi connectivity index (χ2n) is 3.87. The topological polar surface area (TPSA) is 41.1 Å². The number of urea groups is 1. The first kappa shape index (κ1) is 13.8. The molecule has 4 heteroatoms. The summed E-state index contributed by atoms with van der Waals surface area (Å²) in [6, 6.07) is 7.73. The number of carbonyl (C=O) groups excluding carboxylic acids is 1. The fourth-order valence-corrected chi connectivity index (χ4v) is 1.62. The summed E-state index contributed by atoms with van der Waals surface area (Å²) in [5, 5.41) is 5.45. The fraction of sp³-hybridized carbons (Fsp3) is 0.462. The summed E-state index contributed by atoms with van der Waals surface area (Å²) in [4.78, 5) is 11.4. The number of amides is 2. The zero-order valence-electron chi connectivity index (χ0n) is 10.1. The third-order valence-electron chi connectivity index (χ3n) is 2.38. The lowest BCUT2D eigenvalue weighted by molar-refractivity contribution is 0.252. The average Bonchev–Trinajstić information content (AvgIpc) is 2.34. The van der Waals surface area contributed by atoms with Crippen LogP contribution in [0.3, 0.4) is 0 Å². The van der Waals surface area contributed by atoms with E-state index in [1.165, 1.54) is 18.4 Å². The molecule has 0 spiro atoms. The van der Waals surface area contributed by atoms with Crippen molar-refractivity contribution in [3.05, 3.63) is 29.8 Å². The smallest absolute Gasteiger partial charge is 0.319 e. The summed E-state index contributed by atoms with van der Waals surface area (Å²) in [5.74, 6) is 0.421. The Hall–Kier alpha value is -1.22. The van der Waals surface area contributed by atoms with Crippen molar-refractivity contribution >= 4 is 23.3 Å². The molecule has 0 aliphatic carbocycles. The summed E-state index contributed by atoms with van der Waals surface area (Å²) >= 11 is 5.49. The third-order valence-corrected chi connectivity index (χ3v) is 2.57. The van der Waals surface area contributed by atoms with Crippen molar-refractivity contribution in [2.24, 2.45) is 0 Å². The lowest BCUT2D eigenvalue weighted by Gasteiger charge is -2.08. The molecule has 0 unspecified atom stereocenters. The van der Waals surface area contributed by atoms with E-state index in [1.54, 1.807) is 0 Å². The van der Waals surface area contributed by atoms with Gasteiger partial charge in [-0.25, -0.2) is 4.79 Å². The van der Waals surface area contributed by atoms with Crippen LogP contribution in [0.15, 0.2) is 24.3 Å². The number of carbonyl (C=O) groups is 1. The maximum absolute atomic E-state index is 11.4. The minimum absolute atomic E-state index is 0.210. The van der Waals surface area contributed by atoms with E-state index in [0.29, 0.717) is 12.4 Å². The summed E-state index contributed by atoms with van der Waals surface area (Å²) < 4.78 is 0. The predicted octanol–water partition coefficient (Wildman–Crippen LogP) is 3.39. The highest BCUT2D eigenvalue weighted by Crippen LogP contribution is 2.12. The molecule has 0 atom stereocenters. The van der Waals surface area contributed by atoms with E-state index in [9.17, 15) is 4.79 Å². The van der Waals surface area contributed by atoms with Crippen LogP contribution in [0.25, 0.3) is 0 Å². The Labute approximate surface area is 108 Å². The zero-order chi connectivity index (χ0) is 12.5. The molecule has 0 radical (unpaired) electrons. The Morgan fingerprint density at radius 3 is 2.94 bits per heavy atom. The van der Waals surface area contributed by atoms with E-state index in [-0.39, 0.29) is 6.03 Å². The molecule has 17 heavy (non-hydrogen) atoms. The lowest BCUT2D eigenvalue weighted by atomic mass is 10.1. The van der Waals surface area contributed by atoms with Gasteiger partial charge < -0.3 is 10.6 Å². The zero-order valence-corrected chi connectivity index (χ0v) is 10.9.